The number of nitrogens with zero attached hydrogens (tertiary/aromatic N) is 1. The predicted octanol–water partition coefficient (Wildman–Crippen LogP) is 2.56. The summed E-state index contributed by atoms with van der Waals surface area (Å²) in [4.78, 5) is 2.53. The van der Waals surface area contributed by atoms with Crippen LogP contribution in [-0.4, -0.2) is 30.1 Å². The summed E-state index contributed by atoms with van der Waals surface area (Å²) in [6.07, 6.45) is 0. The summed E-state index contributed by atoms with van der Waals surface area (Å²) in [7, 11) is 0. The molecule has 1 N–H and O–H groups in total. The van der Waals surface area contributed by atoms with Crippen molar-refractivity contribution in [3.63, 3.8) is 0 Å². The minimum atomic E-state index is -0.125. The summed E-state index contributed by atoms with van der Waals surface area (Å²) >= 11 is 0. The molecule has 2 unspecified atom stereocenters. The number of benzene rings is 1. The lowest BCUT2D eigenvalue weighted by Crippen LogP contribution is -2.44. The minimum Gasteiger partial charge on any atom is -0.316 e. The van der Waals surface area contributed by atoms with Crippen LogP contribution in [0.2, 0.25) is 0 Å². The standard InChI is InChI=1S/C16H23FN2/c1-11-4-5-14(17)6-12(11)9-19-10-13-7-18-8-15(13)16(19,2)3/h4-6,13,15,18H,7-10H2,1-3H3. The van der Waals surface area contributed by atoms with Crippen LogP contribution >= 0.6 is 0 Å². The molecule has 0 spiro atoms. The first-order valence-corrected chi connectivity index (χ1v) is 7.19. The number of nitrogens with one attached hydrogen (secondary N) is 1. The highest BCUT2D eigenvalue weighted by Crippen LogP contribution is 2.41. The van der Waals surface area contributed by atoms with Crippen molar-refractivity contribution >= 4 is 0 Å². The smallest absolute Gasteiger partial charge is 0.123 e. The quantitative estimate of drug-likeness (QED) is 0.881. The number of likely N-dealkylation sites (tertiary alicyclic amines) is 1. The van der Waals surface area contributed by atoms with Gasteiger partial charge >= 0.3 is 0 Å². The molecule has 0 amide bonds. The molecule has 2 nitrogen and oxygen atoms in total. The van der Waals surface area contributed by atoms with E-state index in [-0.39, 0.29) is 11.4 Å². The fourth-order valence-corrected chi connectivity index (χ4v) is 3.79. The van der Waals surface area contributed by atoms with Crippen molar-refractivity contribution in [2.45, 2.75) is 32.9 Å². The fraction of sp³-hybridized carbons (Fsp3) is 0.625. The molecule has 2 atom stereocenters. The van der Waals surface area contributed by atoms with Crippen molar-refractivity contribution in [2.24, 2.45) is 11.8 Å². The first kappa shape index (κ1) is 13.1. The summed E-state index contributed by atoms with van der Waals surface area (Å²) in [5.74, 6) is 1.35. The summed E-state index contributed by atoms with van der Waals surface area (Å²) in [6.45, 7) is 11.0. The summed E-state index contributed by atoms with van der Waals surface area (Å²) in [6, 6.07) is 5.13. The van der Waals surface area contributed by atoms with Crippen LogP contribution in [0.1, 0.15) is 25.0 Å². The molecule has 2 heterocycles. The van der Waals surface area contributed by atoms with Crippen LogP contribution < -0.4 is 5.32 Å². The lowest BCUT2D eigenvalue weighted by Gasteiger charge is -2.36. The molecular weight excluding hydrogens is 239 g/mol. The van der Waals surface area contributed by atoms with E-state index in [1.807, 2.05) is 6.07 Å². The summed E-state index contributed by atoms with van der Waals surface area (Å²) in [5, 5.41) is 3.50. The van der Waals surface area contributed by atoms with E-state index < -0.39 is 0 Å². The molecule has 1 aromatic rings. The molecule has 0 aliphatic carbocycles. The lowest BCUT2D eigenvalue weighted by molar-refractivity contribution is 0.131. The van der Waals surface area contributed by atoms with Gasteiger partial charge in [0, 0.05) is 25.2 Å². The average molecular weight is 262 g/mol. The van der Waals surface area contributed by atoms with Crippen LogP contribution in [0.25, 0.3) is 0 Å². The third-order valence-corrected chi connectivity index (χ3v) is 5.19. The molecule has 0 saturated carbocycles. The number of fused-ring (bicyclic) bond motifs is 1. The molecule has 2 aliphatic heterocycles. The lowest BCUT2D eigenvalue weighted by atomic mass is 9.84. The van der Waals surface area contributed by atoms with Gasteiger partial charge in [-0.2, -0.15) is 0 Å². The molecule has 0 radical (unpaired) electrons. The number of hydrogen-bond donors (Lipinski definition) is 1. The fourth-order valence-electron chi connectivity index (χ4n) is 3.79. The molecule has 2 fully saturated rings. The van der Waals surface area contributed by atoms with Gasteiger partial charge < -0.3 is 5.32 Å². The maximum atomic E-state index is 13.4. The third-order valence-electron chi connectivity index (χ3n) is 5.19. The van der Waals surface area contributed by atoms with Crippen LogP contribution in [-0.2, 0) is 6.54 Å². The molecular formula is C16H23FN2. The monoisotopic (exact) mass is 262 g/mol. The van der Waals surface area contributed by atoms with Gasteiger partial charge in [0.2, 0.25) is 0 Å². The van der Waals surface area contributed by atoms with E-state index in [1.54, 1.807) is 12.1 Å². The highest BCUT2D eigenvalue weighted by atomic mass is 19.1. The number of hydrogen-bond acceptors (Lipinski definition) is 2. The molecule has 0 bridgehead atoms. The largest absolute Gasteiger partial charge is 0.316 e. The molecule has 3 rings (SSSR count). The molecule has 0 aromatic heterocycles. The summed E-state index contributed by atoms with van der Waals surface area (Å²) < 4.78 is 13.4. The third kappa shape index (κ3) is 2.19. The first-order valence-electron chi connectivity index (χ1n) is 7.19. The number of halogens is 1. The van der Waals surface area contributed by atoms with Gasteiger partial charge in [-0.25, -0.2) is 4.39 Å². The van der Waals surface area contributed by atoms with Crippen LogP contribution in [0.15, 0.2) is 18.2 Å². The predicted molar refractivity (Wildman–Crippen MR) is 75.5 cm³/mol. The van der Waals surface area contributed by atoms with E-state index in [4.69, 9.17) is 0 Å². The Morgan fingerprint density at radius 3 is 2.89 bits per heavy atom. The van der Waals surface area contributed by atoms with Crippen molar-refractivity contribution in [1.82, 2.24) is 10.2 Å². The van der Waals surface area contributed by atoms with Crippen LogP contribution in [0.5, 0.6) is 0 Å². The molecule has 3 heteroatoms. The van der Waals surface area contributed by atoms with Gasteiger partial charge in [-0.3, -0.25) is 4.90 Å². The maximum absolute atomic E-state index is 13.4. The topological polar surface area (TPSA) is 15.3 Å². The molecule has 1 aromatic carbocycles. The zero-order valence-corrected chi connectivity index (χ0v) is 12.0. The van der Waals surface area contributed by atoms with Crippen molar-refractivity contribution in [2.75, 3.05) is 19.6 Å². The van der Waals surface area contributed by atoms with Crippen LogP contribution in [0.3, 0.4) is 0 Å². The first-order chi connectivity index (χ1) is 8.98. The second kappa shape index (κ2) is 4.57. The Morgan fingerprint density at radius 2 is 2.16 bits per heavy atom. The Morgan fingerprint density at radius 1 is 1.37 bits per heavy atom. The molecule has 2 saturated heterocycles. The van der Waals surface area contributed by atoms with Crippen molar-refractivity contribution in [1.29, 1.82) is 0 Å². The van der Waals surface area contributed by atoms with Crippen molar-refractivity contribution in [3.05, 3.63) is 35.1 Å². The van der Waals surface area contributed by atoms with Gasteiger partial charge in [0.25, 0.3) is 0 Å². The van der Waals surface area contributed by atoms with E-state index in [2.05, 4.69) is 31.0 Å². The van der Waals surface area contributed by atoms with Gasteiger partial charge in [-0.15, -0.1) is 0 Å². The minimum absolute atomic E-state index is 0.125. The van der Waals surface area contributed by atoms with Gasteiger partial charge in [-0.05, 0) is 62.4 Å². The average Bonchev–Trinajstić information content (AvgIpc) is 2.89. The van der Waals surface area contributed by atoms with E-state index >= 15 is 0 Å². The van der Waals surface area contributed by atoms with Gasteiger partial charge in [0.05, 0.1) is 0 Å². The normalized spacial score (nSPS) is 29.7. The van der Waals surface area contributed by atoms with Gasteiger partial charge in [-0.1, -0.05) is 6.07 Å². The number of rotatable bonds is 2. The Bertz CT molecular complexity index is 484. The zero-order valence-electron chi connectivity index (χ0n) is 12.0. The molecule has 104 valence electrons. The van der Waals surface area contributed by atoms with E-state index in [0.717, 1.165) is 43.6 Å². The van der Waals surface area contributed by atoms with E-state index in [1.165, 1.54) is 5.56 Å². The Balaban J connectivity index is 1.82. The second-order valence-corrected chi connectivity index (χ2v) is 6.63. The molecule has 19 heavy (non-hydrogen) atoms. The van der Waals surface area contributed by atoms with E-state index in [9.17, 15) is 4.39 Å². The zero-order chi connectivity index (χ0) is 13.6. The van der Waals surface area contributed by atoms with Crippen LogP contribution in [0, 0.1) is 24.6 Å². The highest BCUT2D eigenvalue weighted by molar-refractivity contribution is 5.27. The van der Waals surface area contributed by atoms with Crippen LogP contribution in [0.4, 0.5) is 4.39 Å². The van der Waals surface area contributed by atoms with Crippen molar-refractivity contribution in [3.8, 4) is 0 Å². The van der Waals surface area contributed by atoms with Gasteiger partial charge in [0.1, 0.15) is 5.82 Å². The summed E-state index contributed by atoms with van der Waals surface area (Å²) in [5.41, 5.74) is 2.51. The Hall–Kier alpha value is -0.930. The highest BCUT2D eigenvalue weighted by Gasteiger charge is 2.49. The molecule has 2 aliphatic rings. The SMILES string of the molecule is Cc1ccc(F)cc1CN1CC2CNCC2C1(C)C. The Labute approximate surface area is 115 Å². The van der Waals surface area contributed by atoms with Crippen molar-refractivity contribution < 1.29 is 4.39 Å². The van der Waals surface area contributed by atoms with E-state index in [0.29, 0.717) is 0 Å². The maximum Gasteiger partial charge on any atom is 0.123 e. The number of aryl methyl sites for hydroxylation is 1. The van der Waals surface area contributed by atoms with Gasteiger partial charge in [0.15, 0.2) is 0 Å². The second-order valence-electron chi connectivity index (χ2n) is 6.63. The Kier molecular flexibility index (Phi) is 3.14.